The van der Waals surface area contributed by atoms with E-state index in [1.54, 1.807) is 0 Å². The molecule has 2 amide bonds. The SMILES string of the molecule is CCCCCNC(=O)C(CNC(=O)CCC)c1ccccc1. The number of hydrogen-bond donors (Lipinski definition) is 2. The lowest BCUT2D eigenvalue weighted by atomic mass is 9.98. The summed E-state index contributed by atoms with van der Waals surface area (Å²) in [7, 11) is 0. The molecule has 0 spiro atoms. The van der Waals surface area contributed by atoms with Crippen LogP contribution in [0.5, 0.6) is 0 Å². The van der Waals surface area contributed by atoms with E-state index in [1.165, 1.54) is 0 Å². The minimum Gasteiger partial charge on any atom is -0.356 e. The van der Waals surface area contributed by atoms with Crippen molar-refractivity contribution in [2.45, 2.75) is 51.9 Å². The average Bonchev–Trinajstić information content (AvgIpc) is 2.53. The molecule has 0 fully saturated rings. The Labute approximate surface area is 133 Å². The molecular formula is C18H28N2O2. The minimum absolute atomic E-state index is 0.00205. The molecule has 4 nitrogen and oxygen atoms in total. The Morgan fingerprint density at radius 1 is 1.00 bits per heavy atom. The van der Waals surface area contributed by atoms with Gasteiger partial charge in [0.1, 0.15) is 0 Å². The number of benzene rings is 1. The van der Waals surface area contributed by atoms with Gasteiger partial charge in [-0.2, -0.15) is 0 Å². The Kier molecular flexibility index (Phi) is 8.96. The summed E-state index contributed by atoms with van der Waals surface area (Å²) in [6.07, 6.45) is 4.55. The van der Waals surface area contributed by atoms with E-state index in [0.29, 0.717) is 19.5 Å². The number of amides is 2. The van der Waals surface area contributed by atoms with Gasteiger partial charge in [-0.3, -0.25) is 9.59 Å². The molecular weight excluding hydrogens is 276 g/mol. The van der Waals surface area contributed by atoms with E-state index in [1.807, 2.05) is 37.3 Å². The van der Waals surface area contributed by atoms with Crippen LogP contribution < -0.4 is 10.6 Å². The highest BCUT2D eigenvalue weighted by atomic mass is 16.2. The van der Waals surface area contributed by atoms with Crippen LogP contribution in [0.25, 0.3) is 0 Å². The van der Waals surface area contributed by atoms with E-state index in [4.69, 9.17) is 0 Å². The molecule has 0 aliphatic carbocycles. The first-order chi connectivity index (χ1) is 10.7. The van der Waals surface area contributed by atoms with Crippen LogP contribution in [0.2, 0.25) is 0 Å². The fourth-order valence-corrected chi connectivity index (χ4v) is 2.29. The van der Waals surface area contributed by atoms with E-state index in [-0.39, 0.29) is 17.7 Å². The second-order valence-electron chi connectivity index (χ2n) is 5.52. The van der Waals surface area contributed by atoms with Crippen molar-refractivity contribution in [3.05, 3.63) is 35.9 Å². The van der Waals surface area contributed by atoms with E-state index in [9.17, 15) is 9.59 Å². The molecule has 122 valence electrons. The fraction of sp³-hybridized carbons (Fsp3) is 0.556. The molecule has 4 heteroatoms. The molecule has 0 radical (unpaired) electrons. The van der Waals surface area contributed by atoms with Crippen molar-refractivity contribution in [3.8, 4) is 0 Å². The Balaban J connectivity index is 2.62. The van der Waals surface area contributed by atoms with Gasteiger partial charge in [0.25, 0.3) is 0 Å². The molecule has 0 aromatic heterocycles. The highest BCUT2D eigenvalue weighted by Crippen LogP contribution is 2.15. The van der Waals surface area contributed by atoms with Gasteiger partial charge in [-0.05, 0) is 18.4 Å². The third-order valence-electron chi connectivity index (χ3n) is 3.58. The van der Waals surface area contributed by atoms with Gasteiger partial charge in [0.15, 0.2) is 0 Å². The lowest BCUT2D eigenvalue weighted by Gasteiger charge is -2.18. The Morgan fingerprint density at radius 3 is 2.36 bits per heavy atom. The van der Waals surface area contributed by atoms with Gasteiger partial charge in [0.2, 0.25) is 11.8 Å². The van der Waals surface area contributed by atoms with Gasteiger partial charge in [0, 0.05) is 19.5 Å². The molecule has 0 bridgehead atoms. The van der Waals surface area contributed by atoms with E-state index in [0.717, 1.165) is 31.2 Å². The number of unbranched alkanes of at least 4 members (excludes halogenated alkanes) is 2. The van der Waals surface area contributed by atoms with Crippen molar-refractivity contribution < 1.29 is 9.59 Å². The Bertz CT molecular complexity index is 446. The molecule has 2 N–H and O–H groups in total. The first-order valence-electron chi connectivity index (χ1n) is 8.28. The lowest BCUT2D eigenvalue weighted by molar-refractivity contribution is -0.123. The Morgan fingerprint density at radius 2 is 1.73 bits per heavy atom. The summed E-state index contributed by atoms with van der Waals surface area (Å²) in [5.74, 6) is -0.343. The van der Waals surface area contributed by atoms with Crippen LogP contribution >= 0.6 is 0 Å². The topological polar surface area (TPSA) is 58.2 Å². The zero-order valence-corrected chi connectivity index (χ0v) is 13.7. The summed E-state index contributed by atoms with van der Waals surface area (Å²) in [6, 6.07) is 9.63. The van der Waals surface area contributed by atoms with Gasteiger partial charge in [0.05, 0.1) is 5.92 Å². The average molecular weight is 304 g/mol. The molecule has 0 saturated heterocycles. The van der Waals surface area contributed by atoms with Crippen LogP contribution in [-0.4, -0.2) is 24.9 Å². The zero-order valence-electron chi connectivity index (χ0n) is 13.7. The van der Waals surface area contributed by atoms with Crippen molar-refractivity contribution in [2.24, 2.45) is 0 Å². The predicted molar refractivity (Wildman–Crippen MR) is 89.6 cm³/mol. The van der Waals surface area contributed by atoms with Crippen LogP contribution in [0.1, 0.15) is 57.4 Å². The van der Waals surface area contributed by atoms with Crippen LogP contribution in [-0.2, 0) is 9.59 Å². The predicted octanol–water partition coefficient (Wildman–Crippen LogP) is 2.99. The highest BCUT2D eigenvalue weighted by Gasteiger charge is 2.20. The van der Waals surface area contributed by atoms with Gasteiger partial charge >= 0.3 is 0 Å². The molecule has 0 aliphatic heterocycles. The summed E-state index contributed by atoms with van der Waals surface area (Å²) >= 11 is 0. The van der Waals surface area contributed by atoms with Crippen LogP contribution in [0.3, 0.4) is 0 Å². The third kappa shape index (κ3) is 6.74. The van der Waals surface area contributed by atoms with Gasteiger partial charge in [-0.15, -0.1) is 0 Å². The number of carbonyl (C=O) groups excluding carboxylic acids is 2. The van der Waals surface area contributed by atoms with Crippen molar-refractivity contribution in [1.29, 1.82) is 0 Å². The van der Waals surface area contributed by atoms with Crippen molar-refractivity contribution >= 4 is 11.8 Å². The maximum atomic E-state index is 12.4. The van der Waals surface area contributed by atoms with Crippen LogP contribution in [0, 0.1) is 0 Å². The number of nitrogens with one attached hydrogen (secondary N) is 2. The molecule has 0 heterocycles. The maximum absolute atomic E-state index is 12.4. The van der Waals surface area contributed by atoms with E-state index in [2.05, 4.69) is 17.6 Å². The standard InChI is InChI=1S/C18H28N2O2/c1-3-5-9-13-19-18(22)16(14-20-17(21)10-4-2)15-11-7-6-8-12-15/h6-8,11-12,16H,3-5,9-10,13-14H2,1-2H3,(H,19,22)(H,20,21). The molecule has 0 aliphatic rings. The molecule has 1 rings (SSSR count). The summed E-state index contributed by atoms with van der Waals surface area (Å²) in [5.41, 5.74) is 0.937. The van der Waals surface area contributed by atoms with Crippen molar-refractivity contribution in [2.75, 3.05) is 13.1 Å². The summed E-state index contributed by atoms with van der Waals surface area (Å²) in [6.45, 7) is 5.15. The van der Waals surface area contributed by atoms with Crippen LogP contribution in [0.4, 0.5) is 0 Å². The second kappa shape index (κ2) is 10.8. The van der Waals surface area contributed by atoms with Gasteiger partial charge in [-0.25, -0.2) is 0 Å². The van der Waals surface area contributed by atoms with E-state index >= 15 is 0 Å². The number of hydrogen-bond acceptors (Lipinski definition) is 2. The molecule has 1 aromatic carbocycles. The first-order valence-corrected chi connectivity index (χ1v) is 8.28. The second-order valence-corrected chi connectivity index (χ2v) is 5.52. The van der Waals surface area contributed by atoms with Crippen molar-refractivity contribution in [3.63, 3.8) is 0 Å². The number of rotatable bonds is 10. The fourth-order valence-electron chi connectivity index (χ4n) is 2.29. The molecule has 1 unspecified atom stereocenters. The normalized spacial score (nSPS) is 11.7. The van der Waals surface area contributed by atoms with Crippen LogP contribution in [0.15, 0.2) is 30.3 Å². The Hall–Kier alpha value is -1.84. The maximum Gasteiger partial charge on any atom is 0.229 e. The lowest BCUT2D eigenvalue weighted by Crippen LogP contribution is -2.37. The first kappa shape index (κ1) is 18.2. The van der Waals surface area contributed by atoms with Gasteiger partial charge < -0.3 is 10.6 Å². The highest BCUT2D eigenvalue weighted by molar-refractivity contribution is 5.85. The molecule has 0 saturated carbocycles. The zero-order chi connectivity index (χ0) is 16.2. The quantitative estimate of drug-likeness (QED) is 0.653. The van der Waals surface area contributed by atoms with E-state index < -0.39 is 0 Å². The third-order valence-corrected chi connectivity index (χ3v) is 3.58. The van der Waals surface area contributed by atoms with Crippen molar-refractivity contribution in [1.82, 2.24) is 10.6 Å². The monoisotopic (exact) mass is 304 g/mol. The summed E-state index contributed by atoms with van der Waals surface area (Å²) < 4.78 is 0. The minimum atomic E-state index is -0.330. The number of carbonyl (C=O) groups is 2. The van der Waals surface area contributed by atoms with Gasteiger partial charge in [-0.1, -0.05) is 57.0 Å². The summed E-state index contributed by atoms with van der Waals surface area (Å²) in [5, 5.41) is 5.85. The molecule has 1 atom stereocenters. The summed E-state index contributed by atoms with van der Waals surface area (Å²) in [4.78, 5) is 24.1. The molecule has 1 aromatic rings. The smallest absolute Gasteiger partial charge is 0.229 e. The largest absolute Gasteiger partial charge is 0.356 e. The molecule has 22 heavy (non-hydrogen) atoms.